The maximum absolute atomic E-state index is 10.9. The fourth-order valence-electron chi connectivity index (χ4n) is 0.594. The van der Waals surface area contributed by atoms with E-state index in [2.05, 4.69) is 0 Å². The van der Waals surface area contributed by atoms with Gasteiger partial charge >= 0.3 is 0 Å². The highest BCUT2D eigenvalue weighted by Crippen LogP contribution is 1.97. The number of hydrogen-bond acceptors (Lipinski definition) is 2. The highest BCUT2D eigenvalue weighted by Gasteiger charge is 2.01. The zero-order valence-electron chi connectivity index (χ0n) is 6.55. The molecule has 0 atom stereocenters. The molecular formula is C8H12O2. The molecule has 2 nitrogen and oxygen atoms in total. The van der Waals surface area contributed by atoms with E-state index < -0.39 is 0 Å². The highest BCUT2D eigenvalue weighted by atomic mass is 16.5. The number of methoxy groups -OCH3 is 1. The Labute approximate surface area is 61.2 Å². The summed E-state index contributed by atoms with van der Waals surface area (Å²) >= 11 is 0. The van der Waals surface area contributed by atoms with E-state index in [0.717, 1.165) is 0 Å². The number of rotatable bonds is 3. The predicted molar refractivity (Wildman–Crippen MR) is 40.6 cm³/mol. The molecule has 0 aliphatic rings. The van der Waals surface area contributed by atoms with Crippen LogP contribution in [0.25, 0.3) is 0 Å². The third-order valence-corrected chi connectivity index (χ3v) is 1.04. The summed E-state index contributed by atoms with van der Waals surface area (Å²) in [7, 11) is 1.48. The molecule has 0 saturated heterocycles. The molecule has 10 heavy (non-hydrogen) atoms. The molecule has 0 rings (SSSR count). The molecule has 0 amide bonds. The van der Waals surface area contributed by atoms with Gasteiger partial charge in [-0.1, -0.05) is 6.08 Å². The van der Waals surface area contributed by atoms with E-state index in [4.69, 9.17) is 4.74 Å². The summed E-state index contributed by atoms with van der Waals surface area (Å²) in [6.07, 6.45) is 4.80. The second-order valence-electron chi connectivity index (χ2n) is 1.72. The van der Waals surface area contributed by atoms with Crippen LogP contribution in [0.15, 0.2) is 24.0 Å². The van der Waals surface area contributed by atoms with Crippen molar-refractivity contribution in [1.82, 2.24) is 0 Å². The van der Waals surface area contributed by atoms with Crippen molar-refractivity contribution in [3.8, 4) is 0 Å². The number of allylic oxidation sites excluding steroid dienone is 3. The average molecular weight is 140 g/mol. The lowest BCUT2D eigenvalue weighted by molar-refractivity contribution is -0.114. The summed E-state index contributed by atoms with van der Waals surface area (Å²) in [6, 6.07) is 0. The number of carbonyl (C=O) groups is 1. The van der Waals surface area contributed by atoms with Crippen LogP contribution in [0, 0.1) is 0 Å². The number of ether oxygens (including phenoxy) is 1. The van der Waals surface area contributed by atoms with Crippen molar-refractivity contribution in [1.29, 1.82) is 0 Å². The molecule has 0 unspecified atom stereocenters. The van der Waals surface area contributed by atoms with Gasteiger partial charge in [0, 0.05) is 0 Å². The van der Waals surface area contributed by atoms with Gasteiger partial charge in [0.05, 0.1) is 7.11 Å². The smallest absolute Gasteiger partial charge is 0.219 e. The Hall–Kier alpha value is -1.05. The van der Waals surface area contributed by atoms with Gasteiger partial charge in [0.25, 0.3) is 0 Å². The molecule has 0 aromatic carbocycles. The zero-order valence-corrected chi connectivity index (χ0v) is 6.55. The van der Waals surface area contributed by atoms with E-state index in [0.29, 0.717) is 5.76 Å². The van der Waals surface area contributed by atoms with Crippen LogP contribution in [0.1, 0.15) is 13.8 Å². The van der Waals surface area contributed by atoms with Gasteiger partial charge in [0.1, 0.15) is 0 Å². The van der Waals surface area contributed by atoms with E-state index in [9.17, 15) is 4.79 Å². The lowest BCUT2D eigenvalue weighted by Gasteiger charge is -1.98. The van der Waals surface area contributed by atoms with Gasteiger partial charge in [0.2, 0.25) is 5.78 Å². The molecular weight excluding hydrogens is 128 g/mol. The van der Waals surface area contributed by atoms with Gasteiger partial charge in [-0.2, -0.15) is 0 Å². The summed E-state index contributed by atoms with van der Waals surface area (Å²) in [6.45, 7) is 3.56. The van der Waals surface area contributed by atoms with Gasteiger partial charge in [-0.15, -0.1) is 0 Å². The van der Waals surface area contributed by atoms with Crippen LogP contribution < -0.4 is 0 Å². The Morgan fingerprint density at radius 1 is 1.40 bits per heavy atom. The highest BCUT2D eigenvalue weighted by molar-refractivity contribution is 6.02. The fraction of sp³-hybridized carbons (Fsp3) is 0.375. The Morgan fingerprint density at radius 3 is 2.30 bits per heavy atom. The third kappa shape index (κ3) is 2.49. The first-order valence-corrected chi connectivity index (χ1v) is 3.13. The molecule has 0 radical (unpaired) electrons. The van der Waals surface area contributed by atoms with Crippen molar-refractivity contribution in [2.24, 2.45) is 0 Å². The molecule has 0 bridgehead atoms. The Morgan fingerprint density at radius 2 is 2.00 bits per heavy atom. The van der Waals surface area contributed by atoms with Crippen LogP contribution in [0.5, 0.6) is 0 Å². The van der Waals surface area contributed by atoms with E-state index in [1.165, 1.54) is 13.2 Å². The molecule has 0 spiro atoms. The van der Waals surface area contributed by atoms with Gasteiger partial charge < -0.3 is 4.74 Å². The molecule has 0 aromatic rings. The monoisotopic (exact) mass is 140 g/mol. The largest absolute Gasteiger partial charge is 0.493 e. The van der Waals surface area contributed by atoms with Crippen molar-refractivity contribution >= 4 is 5.78 Å². The van der Waals surface area contributed by atoms with Gasteiger partial charge in [0.15, 0.2) is 5.76 Å². The molecule has 0 aliphatic heterocycles. The third-order valence-electron chi connectivity index (χ3n) is 1.04. The topological polar surface area (TPSA) is 26.3 Å². The van der Waals surface area contributed by atoms with Crippen LogP contribution >= 0.6 is 0 Å². The Bertz CT molecular complexity index is 166. The fourth-order valence-corrected chi connectivity index (χ4v) is 0.594. The first-order chi connectivity index (χ1) is 4.76. The lowest BCUT2D eigenvalue weighted by atomic mass is 10.3. The summed E-state index contributed by atoms with van der Waals surface area (Å²) in [5.41, 5.74) is 0. The SMILES string of the molecule is C/C=C\C(=O)/C(=C\C)OC. The molecule has 0 saturated carbocycles. The minimum atomic E-state index is -0.0903. The first-order valence-electron chi connectivity index (χ1n) is 3.13. The van der Waals surface area contributed by atoms with Crippen LogP contribution in [0.2, 0.25) is 0 Å². The van der Waals surface area contributed by atoms with E-state index in [-0.39, 0.29) is 5.78 Å². The predicted octanol–water partition coefficient (Wildman–Crippen LogP) is 1.68. The van der Waals surface area contributed by atoms with Crippen molar-refractivity contribution < 1.29 is 9.53 Å². The van der Waals surface area contributed by atoms with Gasteiger partial charge in [-0.3, -0.25) is 4.79 Å². The average Bonchev–Trinajstić information content (AvgIpc) is 1.91. The molecule has 0 aromatic heterocycles. The summed E-state index contributed by atoms with van der Waals surface area (Å²) in [5.74, 6) is 0.297. The second-order valence-corrected chi connectivity index (χ2v) is 1.72. The van der Waals surface area contributed by atoms with Crippen molar-refractivity contribution in [2.45, 2.75) is 13.8 Å². The van der Waals surface area contributed by atoms with Crippen LogP contribution in [0.4, 0.5) is 0 Å². The number of carbonyl (C=O) groups excluding carboxylic acids is 1. The molecule has 2 heteroatoms. The maximum atomic E-state index is 10.9. The molecule has 0 heterocycles. The second kappa shape index (κ2) is 4.79. The van der Waals surface area contributed by atoms with Gasteiger partial charge in [-0.05, 0) is 26.0 Å². The van der Waals surface area contributed by atoms with Crippen molar-refractivity contribution in [3.63, 3.8) is 0 Å². The van der Waals surface area contributed by atoms with Crippen molar-refractivity contribution in [2.75, 3.05) is 7.11 Å². The van der Waals surface area contributed by atoms with Crippen LogP contribution in [-0.4, -0.2) is 12.9 Å². The minimum Gasteiger partial charge on any atom is -0.493 e. The Balaban J connectivity index is 4.18. The zero-order chi connectivity index (χ0) is 7.98. The number of hydrogen-bond donors (Lipinski definition) is 0. The van der Waals surface area contributed by atoms with E-state index >= 15 is 0 Å². The van der Waals surface area contributed by atoms with Crippen LogP contribution in [-0.2, 0) is 9.53 Å². The molecule has 0 fully saturated rings. The van der Waals surface area contributed by atoms with Crippen molar-refractivity contribution in [3.05, 3.63) is 24.0 Å². The minimum absolute atomic E-state index is 0.0903. The molecule has 0 aliphatic carbocycles. The first kappa shape index (κ1) is 8.95. The summed E-state index contributed by atoms with van der Waals surface area (Å²) in [5, 5.41) is 0. The molecule has 56 valence electrons. The lowest BCUT2D eigenvalue weighted by Crippen LogP contribution is -1.99. The quantitative estimate of drug-likeness (QED) is 0.440. The number of ketones is 1. The van der Waals surface area contributed by atoms with Gasteiger partial charge in [-0.25, -0.2) is 0 Å². The normalized spacial score (nSPS) is 12.1. The molecule has 0 N–H and O–H groups in total. The van der Waals surface area contributed by atoms with E-state index in [1.807, 2.05) is 0 Å². The summed E-state index contributed by atoms with van der Waals surface area (Å²) in [4.78, 5) is 10.9. The summed E-state index contributed by atoms with van der Waals surface area (Å²) < 4.78 is 4.77. The Kier molecular flexibility index (Phi) is 4.29. The maximum Gasteiger partial charge on any atom is 0.219 e. The van der Waals surface area contributed by atoms with E-state index in [1.54, 1.807) is 26.0 Å². The van der Waals surface area contributed by atoms with Crippen LogP contribution in [0.3, 0.4) is 0 Å². The standard InChI is InChI=1S/C8H12O2/c1-4-6-7(9)8(5-2)10-3/h4-6H,1-3H3/b6-4-,8-5+.